The Morgan fingerprint density at radius 3 is 0.895 bits per heavy atom. The fourth-order valence-electron chi connectivity index (χ4n) is 3.60. The second-order valence-electron chi connectivity index (χ2n) is 9.39. The van der Waals surface area contributed by atoms with Crippen LogP contribution in [0.5, 0.6) is 11.5 Å². The van der Waals surface area contributed by atoms with Gasteiger partial charge in [-0.2, -0.15) is 0 Å². The topological polar surface area (TPSA) is 388 Å². The summed E-state index contributed by atoms with van der Waals surface area (Å²) >= 11 is 0. The van der Waals surface area contributed by atoms with Crippen LogP contribution in [0.25, 0.3) is 45.6 Å². The molecule has 21 heteroatoms. The molecule has 6 heterocycles. The van der Waals surface area contributed by atoms with Gasteiger partial charge in [0.05, 0.1) is 45.6 Å². The average molecular weight is 863 g/mol. The molecule has 0 aliphatic carbocycles. The largest absolute Gasteiger partial charge is 3.00 e. The Morgan fingerprint density at radius 1 is 0.491 bits per heavy atom. The predicted molar refractivity (Wildman–Crippen MR) is 206 cm³/mol. The summed E-state index contributed by atoms with van der Waals surface area (Å²) in [6.45, 7) is 5.79. The van der Waals surface area contributed by atoms with Gasteiger partial charge in [-0.25, -0.2) is 9.97 Å². The fraction of sp³-hybridized carbons (Fsp3) is 0.167. The minimum Gasteiger partial charge on any atom is -0.872 e. The number of rotatable bonds is 4. The maximum Gasteiger partial charge on any atom is 3.00 e. The molecular weight excluding hydrogens is 815 g/mol. The van der Waals surface area contributed by atoms with Crippen LogP contribution in [0.4, 0.5) is 0 Å². The van der Waals surface area contributed by atoms with Crippen LogP contribution in [0, 0.1) is 0 Å². The number of aliphatic hydroxyl groups excluding tert-OH is 3. The van der Waals surface area contributed by atoms with Crippen LogP contribution in [0.3, 0.4) is 0 Å². The zero-order valence-corrected chi connectivity index (χ0v) is 32.8. The van der Waals surface area contributed by atoms with Crippen molar-refractivity contribution in [1.82, 2.24) is 29.9 Å². The number of aromatic hydroxyl groups is 1. The molecule has 0 spiro atoms. The van der Waals surface area contributed by atoms with E-state index in [0.29, 0.717) is 34.2 Å². The van der Waals surface area contributed by atoms with Crippen LogP contribution in [0.2, 0.25) is 0 Å². The first-order valence-electron chi connectivity index (χ1n) is 15.5. The van der Waals surface area contributed by atoms with E-state index in [-0.39, 0.29) is 70.0 Å². The van der Waals surface area contributed by atoms with Crippen molar-refractivity contribution in [2.75, 3.05) is 19.8 Å². The van der Waals surface area contributed by atoms with Gasteiger partial charge in [0.1, 0.15) is 5.75 Å². The molecule has 6 rings (SSSR count). The zero-order valence-electron chi connectivity index (χ0n) is 30.9. The Bertz CT molecular complexity index is 1690. The second-order valence-corrected chi connectivity index (χ2v) is 10.2. The van der Waals surface area contributed by atoms with Crippen molar-refractivity contribution in [1.29, 1.82) is 0 Å². The monoisotopic (exact) mass is 862 g/mol. The molecule has 0 saturated heterocycles. The summed E-state index contributed by atoms with van der Waals surface area (Å²) in [5.41, 5.74) is 5.17. The van der Waals surface area contributed by atoms with E-state index >= 15 is 0 Å². The van der Waals surface area contributed by atoms with Gasteiger partial charge in [0.15, 0.2) is 0 Å². The van der Waals surface area contributed by atoms with Crippen LogP contribution < -0.4 is 5.11 Å². The van der Waals surface area contributed by atoms with Crippen LogP contribution in [-0.2, 0) is 27.2 Å². The Hall–Kier alpha value is -5.40. The quantitative estimate of drug-likeness (QED) is 0.139. The van der Waals surface area contributed by atoms with Crippen LogP contribution in [0.15, 0.2) is 122 Å². The number of aliphatic hydroxyl groups is 3. The van der Waals surface area contributed by atoms with E-state index in [4.69, 9.17) is 32.8 Å². The SMILES string of the molecule is CCO.CCO.CCO.O.O.O.O.O=S(=O)([O-])[O-].Oc1cc(-c2ccccn2)nc(-c2ccccn2)c1.[Co+3].[O-]c1cc(-c2ccccn2)nc(-c2ccccn2)c1. The molecule has 12 N–H and O–H groups in total. The molecule has 314 valence electrons. The van der Waals surface area contributed by atoms with E-state index in [1.807, 2.05) is 72.8 Å². The van der Waals surface area contributed by atoms with Crippen molar-refractivity contribution < 1.29 is 81.7 Å². The standard InChI is InChI=1S/2C15H11N3O.3C2H6O.Co.H2O4S.4H2O/c2*19-11-9-14(12-5-1-3-7-16-12)18-15(10-11)13-6-2-4-8-17-13;3*1-2-3;;1-5(2,3)4;;;;/h2*1-10H,(H,18,19);3*3H,2H2,1H3;;(H2,1,2,3,4);4*1H2/q;;;;;+3;;;;;/p-3. The van der Waals surface area contributed by atoms with Crippen molar-refractivity contribution in [2.24, 2.45) is 0 Å². The van der Waals surface area contributed by atoms with Crippen molar-refractivity contribution in [2.45, 2.75) is 20.8 Å². The van der Waals surface area contributed by atoms with Crippen molar-refractivity contribution >= 4 is 10.4 Å². The molecule has 0 atom stereocenters. The van der Waals surface area contributed by atoms with E-state index in [0.717, 1.165) is 11.4 Å². The molecule has 0 aliphatic rings. The molecule has 0 bridgehead atoms. The molecule has 0 unspecified atom stereocenters. The first-order chi connectivity index (χ1) is 24.9. The van der Waals surface area contributed by atoms with E-state index in [1.165, 1.54) is 12.1 Å². The molecule has 0 aromatic carbocycles. The molecule has 0 aliphatic heterocycles. The smallest absolute Gasteiger partial charge is 0.872 e. The van der Waals surface area contributed by atoms with E-state index < -0.39 is 10.4 Å². The molecule has 0 saturated carbocycles. The predicted octanol–water partition coefficient (Wildman–Crippen LogP) is 0.547. The van der Waals surface area contributed by atoms with Crippen molar-refractivity contribution in [3.63, 3.8) is 0 Å². The third-order valence-corrected chi connectivity index (χ3v) is 5.32. The molecule has 0 radical (unpaired) electrons. The zero-order chi connectivity index (χ0) is 38.8. The van der Waals surface area contributed by atoms with E-state index in [1.54, 1.807) is 57.7 Å². The van der Waals surface area contributed by atoms with Gasteiger partial charge in [0, 0.05) is 67.1 Å². The summed E-state index contributed by atoms with van der Waals surface area (Å²) in [7, 11) is -5.17. The van der Waals surface area contributed by atoms with Gasteiger partial charge in [0.2, 0.25) is 0 Å². The number of hydrogen-bond donors (Lipinski definition) is 4. The molecule has 6 aromatic rings. The Labute approximate surface area is 340 Å². The van der Waals surface area contributed by atoms with Gasteiger partial charge in [-0.3, -0.25) is 28.4 Å². The fourth-order valence-corrected chi connectivity index (χ4v) is 3.60. The second kappa shape index (κ2) is 35.0. The molecule has 0 fully saturated rings. The third-order valence-electron chi connectivity index (χ3n) is 5.32. The Morgan fingerprint density at radius 2 is 0.702 bits per heavy atom. The summed E-state index contributed by atoms with van der Waals surface area (Å²) in [6, 6.07) is 28.3. The van der Waals surface area contributed by atoms with Gasteiger partial charge < -0.3 is 56.5 Å². The summed E-state index contributed by atoms with van der Waals surface area (Å²) in [5, 5.41) is 44.3. The van der Waals surface area contributed by atoms with Gasteiger partial charge in [0.25, 0.3) is 0 Å². The minimum atomic E-state index is -5.17. The maximum absolute atomic E-state index is 11.8. The first kappa shape index (κ1) is 60.8. The maximum atomic E-state index is 11.8. The summed E-state index contributed by atoms with van der Waals surface area (Å²) in [6.07, 6.45) is 6.74. The normalized spacial score (nSPS) is 8.84. The van der Waals surface area contributed by atoms with Crippen LogP contribution in [-0.4, -0.2) is 110 Å². The van der Waals surface area contributed by atoms with E-state index in [9.17, 15) is 10.2 Å². The summed E-state index contributed by atoms with van der Waals surface area (Å²) in [4.78, 5) is 25.8. The van der Waals surface area contributed by atoms with Gasteiger partial charge >= 0.3 is 16.8 Å². The average Bonchev–Trinajstić information content (AvgIpc) is 3.13. The number of pyridine rings is 6. The molecule has 19 nitrogen and oxygen atoms in total. The number of aromatic nitrogens is 6. The molecular formula is C36H47CoN6O13S. The van der Waals surface area contributed by atoms with Crippen molar-refractivity contribution in [3.8, 4) is 57.1 Å². The van der Waals surface area contributed by atoms with Crippen molar-refractivity contribution in [3.05, 3.63) is 122 Å². The molecule has 0 amide bonds. The third kappa shape index (κ3) is 26.9. The number of nitrogens with zero attached hydrogens (tertiary/aromatic N) is 6. The number of hydrogen-bond acceptors (Lipinski definition) is 15. The Kier molecular flexibility index (Phi) is 37.4. The van der Waals surface area contributed by atoms with Gasteiger partial charge in [-0.15, -0.1) is 5.75 Å². The van der Waals surface area contributed by atoms with Crippen LogP contribution >= 0.6 is 0 Å². The first-order valence-corrected chi connectivity index (χ1v) is 16.8. The van der Waals surface area contributed by atoms with Gasteiger partial charge in [-0.05, 0) is 81.4 Å². The summed E-state index contributed by atoms with van der Waals surface area (Å²) in [5.74, 6) is 0.0487. The minimum absolute atomic E-state index is 0. The van der Waals surface area contributed by atoms with Gasteiger partial charge in [-0.1, -0.05) is 24.3 Å². The summed E-state index contributed by atoms with van der Waals surface area (Å²) < 4.78 is 34.1. The molecule has 57 heavy (non-hydrogen) atoms. The van der Waals surface area contributed by atoms with E-state index in [2.05, 4.69) is 29.9 Å². The Balaban J connectivity index is -0.000000224. The molecule has 6 aromatic heterocycles. The van der Waals surface area contributed by atoms with Crippen LogP contribution in [0.1, 0.15) is 20.8 Å².